The summed E-state index contributed by atoms with van der Waals surface area (Å²) in [4.78, 5) is 62.3. The van der Waals surface area contributed by atoms with Crippen LogP contribution in [0.4, 0.5) is 0 Å². The number of hydrogen-bond acceptors (Lipinski definition) is 8. The van der Waals surface area contributed by atoms with Crippen molar-refractivity contribution in [2.75, 3.05) is 6.73 Å². The minimum Gasteiger partial charge on any atom is -0.442 e. The maximum absolute atomic E-state index is 12.9. The molecule has 0 spiro atoms. The van der Waals surface area contributed by atoms with Crippen LogP contribution < -0.4 is 0 Å². The number of nitrogens with zero attached hydrogens (tertiary/aromatic N) is 2. The predicted molar refractivity (Wildman–Crippen MR) is 89.6 cm³/mol. The zero-order valence-electron chi connectivity index (χ0n) is 14.7. The maximum Gasteiger partial charge on any atom is 0.334 e. The van der Waals surface area contributed by atoms with Crippen molar-refractivity contribution >= 4 is 39.7 Å². The van der Waals surface area contributed by atoms with E-state index in [9.17, 15) is 36.9 Å². The normalized spacial score (nSPS) is 25.0. The van der Waals surface area contributed by atoms with E-state index < -0.39 is 63.7 Å². The highest BCUT2D eigenvalue weighted by molar-refractivity contribution is 7.87. The van der Waals surface area contributed by atoms with Crippen molar-refractivity contribution in [2.45, 2.75) is 49.3 Å². The largest absolute Gasteiger partial charge is 0.442 e. The molecule has 11 nitrogen and oxygen atoms in total. The van der Waals surface area contributed by atoms with Gasteiger partial charge in [0.2, 0.25) is 5.91 Å². The molecule has 0 aromatic rings. The number of ether oxygens (including phenoxy) is 1. The lowest BCUT2D eigenvalue weighted by Gasteiger charge is -2.41. The van der Waals surface area contributed by atoms with Crippen molar-refractivity contribution in [1.82, 2.24) is 9.80 Å². The van der Waals surface area contributed by atoms with Gasteiger partial charge in [-0.3, -0.25) is 28.6 Å². The number of esters is 1. The highest BCUT2D eigenvalue weighted by Crippen LogP contribution is 2.39. The zero-order valence-corrected chi connectivity index (χ0v) is 15.5. The number of rotatable bonds is 5. The minimum absolute atomic E-state index is 0.0572. The molecule has 1 atom stereocenters. The molecule has 28 heavy (non-hydrogen) atoms. The van der Waals surface area contributed by atoms with Crippen LogP contribution in [0.1, 0.15) is 38.5 Å². The number of carbonyl (C=O) groups is 5. The zero-order chi connectivity index (χ0) is 20.7. The first-order chi connectivity index (χ1) is 13.1. The summed E-state index contributed by atoms with van der Waals surface area (Å²) >= 11 is 0. The van der Waals surface area contributed by atoms with Crippen molar-refractivity contribution in [3.8, 4) is 0 Å². The Hall–Kier alpha value is -2.60. The van der Waals surface area contributed by atoms with Gasteiger partial charge in [-0.05, 0) is 12.8 Å². The van der Waals surface area contributed by atoms with E-state index in [0.717, 1.165) is 18.6 Å². The molecule has 0 bridgehead atoms. The van der Waals surface area contributed by atoms with Crippen LogP contribution in [0.2, 0.25) is 0 Å². The first-order valence-corrected chi connectivity index (χ1v) is 10.1. The molecule has 0 aromatic carbocycles. The molecule has 2 fully saturated rings. The van der Waals surface area contributed by atoms with Gasteiger partial charge in [-0.2, -0.15) is 8.42 Å². The summed E-state index contributed by atoms with van der Waals surface area (Å²) in [6.45, 7) is -0.691. The number of carbonyl (C=O) groups excluding carboxylic acids is 5. The highest BCUT2D eigenvalue weighted by atomic mass is 32.2. The summed E-state index contributed by atoms with van der Waals surface area (Å²) in [6, 6.07) is 0. The summed E-state index contributed by atoms with van der Waals surface area (Å²) in [7, 11) is -4.82. The Kier molecular flexibility index (Phi) is 5.10. The van der Waals surface area contributed by atoms with Gasteiger partial charge in [0.1, 0.15) is 5.54 Å². The average molecular weight is 414 g/mol. The number of amides is 4. The smallest absolute Gasteiger partial charge is 0.334 e. The average Bonchev–Trinajstić information content (AvgIpc) is 3.12. The van der Waals surface area contributed by atoms with E-state index >= 15 is 0 Å². The Morgan fingerprint density at radius 3 is 2.18 bits per heavy atom. The monoisotopic (exact) mass is 414 g/mol. The van der Waals surface area contributed by atoms with Gasteiger partial charge in [0.05, 0.1) is 6.42 Å². The molecular weight excluding hydrogens is 396 g/mol. The lowest BCUT2D eigenvalue weighted by molar-refractivity contribution is -0.174. The van der Waals surface area contributed by atoms with Gasteiger partial charge in [0.15, 0.2) is 12.0 Å². The second-order valence-electron chi connectivity index (χ2n) is 6.87. The first kappa shape index (κ1) is 20.1. The van der Waals surface area contributed by atoms with Crippen molar-refractivity contribution in [1.29, 1.82) is 0 Å². The fraction of sp³-hybridized carbons (Fsp3) is 0.562. The van der Waals surface area contributed by atoms with E-state index in [1.807, 2.05) is 0 Å². The molecule has 0 radical (unpaired) electrons. The molecule has 3 rings (SSSR count). The van der Waals surface area contributed by atoms with Gasteiger partial charge < -0.3 is 4.74 Å². The Morgan fingerprint density at radius 2 is 1.68 bits per heavy atom. The van der Waals surface area contributed by atoms with Crippen LogP contribution in [0, 0.1) is 0 Å². The van der Waals surface area contributed by atoms with Gasteiger partial charge in [-0.1, -0.05) is 19.3 Å². The number of imide groups is 2. The Bertz CT molecular complexity index is 868. The SMILES string of the molecule is O=C1C=CC(=O)N1COC(=O)C1(N2C(=O)CC(S(=O)(=O)O)C2=O)CCCCC1. The summed E-state index contributed by atoms with van der Waals surface area (Å²) in [6.07, 6.45) is 3.06. The molecule has 2 aliphatic heterocycles. The molecule has 2 heterocycles. The van der Waals surface area contributed by atoms with Crippen molar-refractivity contribution in [2.24, 2.45) is 0 Å². The molecule has 1 saturated heterocycles. The molecule has 1 saturated carbocycles. The third-order valence-electron chi connectivity index (χ3n) is 5.18. The fourth-order valence-electron chi connectivity index (χ4n) is 3.76. The van der Waals surface area contributed by atoms with Gasteiger partial charge in [0, 0.05) is 12.2 Å². The number of likely N-dealkylation sites (tertiary alicyclic amines) is 1. The van der Waals surface area contributed by atoms with Gasteiger partial charge in [-0.25, -0.2) is 9.69 Å². The van der Waals surface area contributed by atoms with Gasteiger partial charge in [0.25, 0.3) is 27.8 Å². The summed E-state index contributed by atoms with van der Waals surface area (Å²) in [5, 5.41) is -1.96. The Labute approximate surface area is 160 Å². The molecule has 3 aliphatic rings. The van der Waals surface area contributed by atoms with E-state index in [-0.39, 0.29) is 12.8 Å². The lowest BCUT2D eigenvalue weighted by Crippen LogP contribution is -2.59. The second-order valence-corrected chi connectivity index (χ2v) is 8.47. The van der Waals surface area contributed by atoms with Crippen LogP contribution >= 0.6 is 0 Å². The first-order valence-electron chi connectivity index (χ1n) is 8.62. The third-order valence-corrected chi connectivity index (χ3v) is 6.27. The summed E-state index contributed by atoms with van der Waals surface area (Å²) < 4.78 is 37.1. The quantitative estimate of drug-likeness (QED) is 0.343. The minimum atomic E-state index is -4.82. The predicted octanol–water partition coefficient (Wildman–Crippen LogP) is -0.870. The van der Waals surface area contributed by atoms with Crippen LogP contribution in [0.15, 0.2) is 12.2 Å². The molecule has 1 unspecified atom stereocenters. The van der Waals surface area contributed by atoms with Crippen molar-refractivity contribution in [3.05, 3.63) is 12.2 Å². The molecule has 152 valence electrons. The standard InChI is InChI=1S/C16H18N2O9S/c19-11-4-5-12(20)17(11)9-27-15(23)16(6-2-1-3-7-16)18-13(21)8-10(14(18)22)28(24,25)26/h4-5,10H,1-3,6-9H2,(H,24,25,26). The highest BCUT2D eigenvalue weighted by Gasteiger charge is 2.58. The molecule has 1 N–H and O–H groups in total. The van der Waals surface area contributed by atoms with Crippen molar-refractivity contribution < 1.29 is 41.7 Å². The Balaban J connectivity index is 1.85. The Morgan fingerprint density at radius 1 is 1.11 bits per heavy atom. The van der Waals surface area contributed by atoms with Crippen LogP contribution in [-0.4, -0.2) is 69.9 Å². The number of hydrogen-bond donors (Lipinski definition) is 1. The van der Waals surface area contributed by atoms with Gasteiger partial charge in [-0.15, -0.1) is 0 Å². The third kappa shape index (κ3) is 3.33. The van der Waals surface area contributed by atoms with Crippen LogP contribution in [0.25, 0.3) is 0 Å². The fourth-order valence-corrected chi connectivity index (χ4v) is 4.47. The van der Waals surface area contributed by atoms with Gasteiger partial charge >= 0.3 is 5.97 Å². The van der Waals surface area contributed by atoms with E-state index in [2.05, 4.69) is 0 Å². The maximum atomic E-state index is 12.9. The van der Waals surface area contributed by atoms with Crippen LogP contribution in [-0.2, 0) is 38.8 Å². The summed E-state index contributed by atoms with van der Waals surface area (Å²) in [5.41, 5.74) is -1.73. The van der Waals surface area contributed by atoms with E-state index in [1.54, 1.807) is 0 Å². The van der Waals surface area contributed by atoms with Crippen molar-refractivity contribution in [3.63, 3.8) is 0 Å². The van der Waals surface area contributed by atoms with E-state index in [0.29, 0.717) is 22.6 Å². The molecular formula is C16H18N2O9S. The van der Waals surface area contributed by atoms with Crippen LogP contribution in [0.3, 0.4) is 0 Å². The van der Waals surface area contributed by atoms with E-state index in [4.69, 9.17) is 4.74 Å². The van der Waals surface area contributed by atoms with E-state index in [1.165, 1.54) is 0 Å². The molecule has 1 aliphatic carbocycles. The second kappa shape index (κ2) is 7.09. The lowest BCUT2D eigenvalue weighted by atomic mass is 9.80. The molecule has 12 heteroatoms. The molecule has 0 aromatic heterocycles. The van der Waals surface area contributed by atoms with Crippen LogP contribution in [0.5, 0.6) is 0 Å². The summed E-state index contributed by atoms with van der Waals surface area (Å²) in [5.74, 6) is -4.43. The topological polar surface area (TPSA) is 155 Å². The molecule has 4 amide bonds.